The third-order valence-corrected chi connectivity index (χ3v) is 20.0. The van der Waals surface area contributed by atoms with E-state index in [9.17, 15) is 78.4 Å². The van der Waals surface area contributed by atoms with Crippen LogP contribution in [0.1, 0.15) is 235 Å². The van der Waals surface area contributed by atoms with Crippen molar-refractivity contribution in [1.29, 1.82) is 0 Å². The van der Waals surface area contributed by atoms with Crippen molar-refractivity contribution >= 4 is 108 Å². The number of esters is 6. The quantitative estimate of drug-likeness (QED) is 0.00371. The second kappa shape index (κ2) is 80.7. The van der Waals surface area contributed by atoms with E-state index in [2.05, 4.69) is 53.4 Å². The van der Waals surface area contributed by atoms with Crippen molar-refractivity contribution in [2.75, 3.05) is 84.8 Å². The molecule has 6 heterocycles. The molecule has 2 aromatic carbocycles. The molecule has 0 bridgehead atoms. The van der Waals surface area contributed by atoms with E-state index in [0.29, 0.717) is 96.2 Å². The zero-order valence-corrected chi connectivity index (χ0v) is 90.6. The number of non-ortho nitro benzene ring substituents is 2. The summed E-state index contributed by atoms with van der Waals surface area (Å²) < 4.78 is 67.0. The van der Waals surface area contributed by atoms with E-state index in [1.807, 2.05) is 58.8 Å². The van der Waals surface area contributed by atoms with E-state index < -0.39 is 100 Å². The molecule has 5 fully saturated rings. The Kier molecular flexibility index (Phi) is 78.0. The maximum absolute atomic E-state index is 12.0. The summed E-state index contributed by atoms with van der Waals surface area (Å²) in [5.74, 6) is -2.58. The number of benzene rings is 2. The summed E-state index contributed by atoms with van der Waals surface area (Å²) in [4.78, 5) is 138. The van der Waals surface area contributed by atoms with E-state index in [1.165, 1.54) is 54.2 Å². The van der Waals surface area contributed by atoms with Gasteiger partial charge in [-0.3, -0.25) is 63.6 Å². The molecule has 40 nitrogen and oxygen atoms in total. The number of unbranched alkanes of at least 4 members (excludes halogenated alkanes) is 6. The number of aliphatic hydroxyl groups is 3. The minimum Gasteiger partial charge on any atom is -0.508 e. The smallest absolute Gasteiger partial charge is 0.407 e. The fraction of sp³-hybridized carbons (Fsp3) is 0.703. The van der Waals surface area contributed by atoms with Crippen molar-refractivity contribution in [3.63, 3.8) is 0 Å². The standard InChI is InChI=1S/C26H47BN2O8.C16H18BNO7.C16H34N2O4.C10H15BO5.C7H10N2.C6H11BO2.C6H5NO3.C4H4O3.2Ac/c1-4-21-22(16-23(27)36-21)37-25(32)12-11-24(31)28-13-7-5-6-8-14-29-26(33)35-18-20(30)17-34-15-9-10-19(2)3;1-2-12-13(9-14(17)24-12)25-16(20)8-7-15(19)23-11-5-3-10(4-6-11)18(21)22;1-14(2)8-7-11-21-12-15(19)13-22-16(20)18-10-6-4-3-5-9-17;1-2-6-7(5-8(11)15-6)16-10(14)4-3-9(12)13;1-9(2)7-3-5-8-6-4-7;1-2-5-4(8)3-6(7)9-5;8-6-3-1-5(2-4-6)7(9)10;5-3-1-2-4(6)7-3;;/h19-23,30H,4-18H2,1-3H3,(H,28,31)(H,29,33);3-6,12-14H,2,7-9H2,1H3;14-15,19H,3-13,17H2,1-2H3,(H,18,20);6-8H,2-5H2,1H3,(H,12,13);3-6H,1-2H3;4-6,8H,2-3H2,1H3;1-4,8H;1-2H2;;. The molecule has 5 aliphatic heterocycles. The molecule has 5 aliphatic rings. The number of hydrogen-bond acceptors (Lipinski definition) is 34. The van der Waals surface area contributed by atoms with Gasteiger partial charge in [-0.2, -0.15) is 0 Å². The van der Waals surface area contributed by atoms with Gasteiger partial charge >= 0.3 is 54.0 Å². The average Bonchev–Trinajstić information content (AvgIpc) is 1.76. The number of anilines is 1. The van der Waals surface area contributed by atoms with Crippen molar-refractivity contribution in [3.05, 3.63) is 93.3 Å². The fourth-order valence-corrected chi connectivity index (χ4v) is 12.7. The van der Waals surface area contributed by atoms with E-state index in [1.54, 1.807) is 12.4 Å². The van der Waals surface area contributed by atoms with Gasteiger partial charge in [-0.1, -0.05) is 81.1 Å². The molecule has 758 valence electrons. The molecular weight excluding hydrogens is 2210 g/mol. The van der Waals surface area contributed by atoms with Crippen molar-refractivity contribution in [2.24, 2.45) is 17.6 Å². The average molecular weight is 2360 g/mol. The van der Waals surface area contributed by atoms with Crippen LogP contribution < -0.4 is 31.3 Å². The van der Waals surface area contributed by atoms with Gasteiger partial charge in [0.1, 0.15) is 86.6 Å². The Labute approximate surface area is 882 Å². The molecule has 3 amide bonds. The first-order valence-electron chi connectivity index (χ1n) is 46.3. The van der Waals surface area contributed by atoms with Crippen LogP contribution in [0.3, 0.4) is 0 Å². The third-order valence-electron chi connectivity index (χ3n) is 20.0. The normalized spacial score (nSPS) is 20.0. The molecule has 0 spiro atoms. The maximum Gasteiger partial charge on any atom is 0.407 e. The number of nitrogens with zero attached hydrogens (tertiary/aromatic N) is 4. The van der Waals surface area contributed by atoms with Crippen LogP contribution in [0.25, 0.3) is 0 Å². The van der Waals surface area contributed by atoms with Crippen molar-refractivity contribution in [1.82, 2.24) is 20.9 Å². The van der Waals surface area contributed by atoms with Crippen LogP contribution in [-0.4, -0.2) is 297 Å². The van der Waals surface area contributed by atoms with Crippen LogP contribution in [0, 0.1) is 120 Å². The zero-order chi connectivity index (χ0) is 101. The van der Waals surface area contributed by atoms with Crippen LogP contribution >= 0.6 is 0 Å². The molecule has 3 aromatic rings. The Morgan fingerprint density at radius 1 is 0.511 bits per heavy atom. The number of pyridine rings is 1. The number of phenolic OH excluding ortho intramolecular Hbond substituents is 1. The number of alkyl carbamates (subject to hydrolysis) is 2. The number of rotatable bonds is 49. The Hall–Kier alpha value is -6.77. The molecule has 5 saturated heterocycles. The Balaban J connectivity index is 0. The summed E-state index contributed by atoms with van der Waals surface area (Å²) >= 11 is 0. The molecule has 0 saturated carbocycles. The number of nitrogens with one attached hydrogen (secondary N) is 3. The molecule has 137 heavy (non-hydrogen) atoms. The summed E-state index contributed by atoms with van der Waals surface area (Å²) in [5.41, 5.74) is 6.46. The first-order chi connectivity index (χ1) is 64.2. The number of aliphatic carboxylic acids is 1. The Bertz CT molecular complexity index is 3800. The number of nitrogens with two attached hydrogens (primary N) is 1. The number of ether oxygens (including phenoxy) is 13. The van der Waals surface area contributed by atoms with E-state index in [0.717, 1.165) is 83.5 Å². The Morgan fingerprint density at radius 2 is 0.876 bits per heavy atom. The number of aromatic hydroxyl groups is 1. The van der Waals surface area contributed by atoms with Crippen LogP contribution in [0.2, 0.25) is 0 Å². The van der Waals surface area contributed by atoms with Gasteiger partial charge in [0, 0.05) is 227 Å². The summed E-state index contributed by atoms with van der Waals surface area (Å²) in [6.07, 6.45) is 15.3. The number of phenols is 1. The number of carbonyl (C=O) groups excluding carboxylic acids is 9. The first-order valence-corrected chi connectivity index (χ1v) is 46.3. The second-order valence-corrected chi connectivity index (χ2v) is 33.0. The van der Waals surface area contributed by atoms with Gasteiger partial charge in [-0.05, 0) is 138 Å². The number of aromatic nitrogens is 1. The number of amides is 3. The molecule has 10 radical (unpaired) electrons. The molecule has 1 aromatic heterocycles. The molecule has 14 atom stereocenters. The number of nitro groups is 2. The first kappa shape index (κ1) is 132. The second-order valence-electron chi connectivity index (χ2n) is 33.0. The topological polar surface area (TPSA) is 556 Å². The number of carbonyl (C=O) groups is 10. The summed E-state index contributed by atoms with van der Waals surface area (Å²) in [5, 5.41) is 74.4. The molecule has 46 heteroatoms. The van der Waals surface area contributed by atoms with Gasteiger partial charge in [-0.15, -0.1) is 0 Å². The fourth-order valence-electron chi connectivity index (χ4n) is 12.7. The van der Waals surface area contributed by atoms with E-state index >= 15 is 0 Å². The molecule has 8 rings (SSSR count). The van der Waals surface area contributed by atoms with Crippen molar-refractivity contribution in [2.45, 2.75) is 320 Å². The van der Waals surface area contributed by atoms with Crippen LogP contribution in [-0.2, 0) is 95.2 Å². The van der Waals surface area contributed by atoms with Crippen LogP contribution in [0.15, 0.2) is 73.1 Å². The summed E-state index contributed by atoms with van der Waals surface area (Å²) in [6.45, 7) is 20.1. The monoisotopic (exact) mass is 2360 g/mol. The Morgan fingerprint density at radius 3 is 1.21 bits per heavy atom. The van der Waals surface area contributed by atoms with Crippen molar-refractivity contribution < 1.29 is 233 Å². The number of nitro benzene ring substituents is 2. The molecule has 0 aliphatic carbocycles. The largest absolute Gasteiger partial charge is 0.508 e. The zero-order valence-electron chi connectivity index (χ0n) is 81.1. The van der Waals surface area contributed by atoms with Gasteiger partial charge in [-0.25, -0.2) is 9.59 Å². The predicted molar refractivity (Wildman–Crippen MR) is 500 cm³/mol. The van der Waals surface area contributed by atoms with Crippen LogP contribution in [0.4, 0.5) is 26.7 Å². The van der Waals surface area contributed by atoms with E-state index in [4.69, 9.17) is 109 Å². The predicted octanol–water partition coefficient (Wildman–Crippen LogP) is 9.31. The van der Waals surface area contributed by atoms with Gasteiger partial charge in [0.2, 0.25) is 5.91 Å². The third kappa shape index (κ3) is 68.9. The number of hydrogen-bond donors (Lipinski definition) is 9. The van der Waals surface area contributed by atoms with Gasteiger partial charge in [0.25, 0.3) is 11.4 Å². The number of cyclic esters (lactones) is 2. The minimum absolute atomic E-state index is 0. The summed E-state index contributed by atoms with van der Waals surface area (Å²) in [7, 11) is 26.4. The molecule has 10 N–H and O–H groups in total. The van der Waals surface area contributed by atoms with E-state index in [-0.39, 0.29) is 243 Å². The van der Waals surface area contributed by atoms with Crippen LogP contribution in [0.5, 0.6) is 11.5 Å². The number of carboxylic acids is 1. The maximum atomic E-state index is 12.0. The van der Waals surface area contributed by atoms with Gasteiger partial charge in [0.05, 0.1) is 98.5 Å². The SMILES string of the molecule is CC(C)CCCOCC(O)COC(=O)NCCCCCCN.CN(C)c1ccncc1.O=C1CCC(=O)O1.O=[N+]([O-])c1ccc(O)cc1.[Ac].[Ac].[B]C1CC(O)C(CC)O1.[B]C1CC(OC(=O)CCC(=O)NCCCCCCNC(=O)OCC(O)COCCCC(C)C)C(CC)O1.[B]C1CC(OC(=O)CCC(=O)O)C(CC)O1.[B]C1CC(OC(=O)CCC(=O)Oc2ccc([N+](=O)[O-])cc2)C(CC)O1. The molecular formula is C91H144Ac2B4N8O32. The summed E-state index contributed by atoms with van der Waals surface area (Å²) in [6, 6.07) is 12.6. The van der Waals surface area contributed by atoms with Gasteiger partial charge < -0.3 is 114 Å². The molecule has 14 unspecified atom stereocenters. The van der Waals surface area contributed by atoms with Crippen molar-refractivity contribution in [3.8, 4) is 11.5 Å². The number of aliphatic hydroxyl groups excluding tert-OH is 3. The van der Waals surface area contributed by atoms with Gasteiger partial charge in [0.15, 0.2) is 0 Å². The minimum atomic E-state index is -1.01. The number of carboxylic acid groups (broad SMARTS) is 1.